The molecule has 1 N–H and O–H groups in total. The fourth-order valence-electron chi connectivity index (χ4n) is 3.70. The first kappa shape index (κ1) is 32.8. The Morgan fingerprint density at radius 3 is 1.79 bits per heavy atom. The maximum absolute atomic E-state index is 15.3. The largest absolute Gasteiger partial charge is 0.435 e. The highest BCUT2D eigenvalue weighted by atomic mass is 79.9. The van der Waals surface area contributed by atoms with E-state index in [1.807, 2.05) is 0 Å². The van der Waals surface area contributed by atoms with Crippen LogP contribution in [0.2, 0.25) is 0 Å². The molecule has 226 valence electrons. The van der Waals surface area contributed by atoms with E-state index in [9.17, 15) is 57.9 Å². The van der Waals surface area contributed by atoms with Crippen molar-refractivity contribution in [3.63, 3.8) is 0 Å². The van der Waals surface area contributed by atoms with Crippen LogP contribution in [0.5, 0.6) is 0 Å². The summed E-state index contributed by atoms with van der Waals surface area (Å²) in [5.41, 5.74) is -14.2. The summed E-state index contributed by atoms with van der Waals surface area (Å²) in [5.74, 6) is -4.99. The van der Waals surface area contributed by atoms with Crippen molar-refractivity contribution in [2.24, 2.45) is 0 Å². The zero-order valence-corrected chi connectivity index (χ0v) is 22.0. The molecule has 0 bridgehead atoms. The lowest BCUT2D eigenvalue weighted by atomic mass is 9.92. The highest BCUT2D eigenvalue weighted by molar-refractivity contribution is 9.10. The van der Waals surface area contributed by atoms with Crippen molar-refractivity contribution in [3.8, 4) is 0 Å². The minimum absolute atomic E-state index is 0.146. The molecule has 0 atom stereocenters. The lowest BCUT2D eigenvalue weighted by Crippen LogP contribution is -2.50. The molecule has 3 aromatic carbocycles. The Labute approximate surface area is 236 Å². The molecule has 0 spiro atoms. The highest BCUT2D eigenvalue weighted by Gasteiger charge is 2.74. The fraction of sp³-hybridized carbons (Fsp3) is 0.200. The molecule has 0 aliphatic carbocycles. The summed E-state index contributed by atoms with van der Waals surface area (Å²) >= 11 is 2.12. The van der Waals surface area contributed by atoms with Gasteiger partial charge in [-0.3, -0.25) is 9.59 Å². The molecule has 17 heteroatoms. The second-order valence-electron chi connectivity index (χ2n) is 8.47. The Hall–Kier alpha value is -3.76. The van der Waals surface area contributed by atoms with Crippen molar-refractivity contribution < 1.29 is 62.3 Å². The van der Waals surface area contributed by atoms with Gasteiger partial charge in [0.15, 0.2) is 5.82 Å². The van der Waals surface area contributed by atoms with Crippen LogP contribution >= 0.6 is 15.9 Å². The van der Waals surface area contributed by atoms with E-state index in [1.165, 1.54) is 5.32 Å². The molecule has 0 heterocycles. The van der Waals surface area contributed by atoms with Gasteiger partial charge in [0.05, 0.1) is 22.5 Å². The first-order chi connectivity index (χ1) is 19.1. The summed E-state index contributed by atoms with van der Waals surface area (Å²) in [5, 5.41) is 1.40. The Morgan fingerprint density at radius 1 is 0.762 bits per heavy atom. The summed E-state index contributed by atoms with van der Waals surface area (Å²) in [6.45, 7) is 0. The van der Waals surface area contributed by atoms with Gasteiger partial charge in [-0.05, 0) is 58.4 Å². The van der Waals surface area contributed by atoms with Gasteiger partial charge in [-0.15, -0.1) is 0 Å². The molecule has 0 aliphatic heterocycles. The molecule has 0 aliphatic rings. The Balaban J connectivity index is 2.12. The molecule has 4 nitrogen and oxygen atoms in total. The Kier molecular flexibility index (Phi) is 8.69. The molecule has 0 saturated carbocycles. The number of amides is 2. The summed E-state index contributed by atoms with van der Waals surface area (Å²) in [7, 11) is 1.02. The average Bonchev–Trinajstić information content (AvgIpc) is 2.87. The predicted molar refractivity (Wildman–Crippen MR) is 128 cm³/mol. The molecule has 0 unspecified atom stereocenters. The number of nitrogens with one attached hydrogen (secondary N) is 1. The van der Waals surface area contributed by atoms with E-state index < -0.39 is 86.3 Å². The van der Waals surface area contributed by atoms with Gasteiger partial charge < -0.3 is 10.2 Å². The van der Waals surface area contributed by atoms with Gasteiger partial charge in [-0.2, -0.15) is 39.5 Å². The summed E-state index contributed by atoms with van der Waals surface area (Å²) in [6.07, 6.45) is -18.9. The molecule has 0 radical (unpaired) electrons. The maximum atomic E-state index is 15.3. The van der Waals surface area contributed by atoms with Crippen LogP contribution in [0, 0.1) is 11.6 Å². The SMILES string of the molecule is CN(C(=O)c1ccc(F)cc1)c1cccc(C(=O)Nc2c(C(F)(F)F)ccc(C(F)(C(F)(F)F)C(F)(F)F)c2Br)c1F. The van der Waals surface area contributed by atoms with Crippen molar-refractivity contribution >= 4 is 39.1 Å². The molecular formula is C25H13BrF12N2O2. The van der Waals surface area contributed by atoms with Crippen LogP contribution in [0.15, 0.2) is 59.1 Å². The van der Waals surface area contributed by atoms with Crippen molar-refractivity contribution in [2.45, 2.75) is 24.2 Å². The van der Waals surface area contributed by atoms with Crippen LogP contribution in [0.4, 0.5) is 64.1 Å². The van der Waals surface area contributed by atoms with Crippen LogP contribution in [0.25, 0.3) is 0 Å². The molecular weight excluding hydrogens is 668 g/mol. The third kappa shape index (κ3) is 5.91. The first-order valence-corrected chi connectivity index (χ1v) is 11.8. The quantitative estimate of drug-likeness (QED) is 0.275. The lowest BCUT2D eigenvalue weighted by molar-refractivity contribution is -0.348. The highest BCUT2D eigenvalue weighted by Crippen LogP contribution is 2.56. The number of alkyl halides is 10. The summed E-state index contributed by atoms with van der Waals surface area (Å²) < 4.78 is 162. The predicted octanol–water partition coefficient (Wildman–Crippen LogP) is 8.56. The molecule has 3 aromatic rings. The number of halogens is 13. The monoisotopic (exact) mass is 680 g/mol. The van der Waals surface area contributed by atoms with Crippen molar-refractivity contribution in [1.82, 2.24) is 0 Å². The minimum atomic E-state index is -6.71. The van der Waals surface area contributed by atoms with E-state index in [1.54, 1.807) is 0 Å². The molecule has 42 heavy (non-hydrogen) atoms. The number of hydrogen-bond donors (Lipinski definition) is 1. The Bertz CT molecular complexity index is 1500. The second-order valence-corrected chi connectivity index (χ2v) is 9.26. The zero-order chi connectivity index (χ0) is 32.0. The summed E-state index contributed by atoms with van der Waals surface area (Å²) in [4.78, 5) is 26.2. The zero-order valence-electron chi connectivity index (χ0n) is 20.4. The molecule has 2 amide bonds. The van der Waals surface area contributed by atoms with E-state index in [4.69, 9.17) is 0 Å². The van der Waals surface area contributed by atoms with E-state index in [2.05, 4.69) is 15.9 Å². The number of nitrogens with zero attached hydrogens (tertiary/aromatic N) is 1. The van der Waals surface area contributed by atoms with E-state index in [-0.39, 0.29) is 11.6 Å². The van der Waals surface area contributed by atoms with E-state index in [0.29, 0.717) is 11.0 Å². The van der Waals surface area contributed by atoms with Gasteiger partial charge in [-0.1, -0.05) is 12.1 Å². The molecule has 3 rings (SSSR count). The third-order valence-corrected chi connectivity index (χ3v) is 6.64. The number of rotatable bonds is 5. The van der Waals surface area contributed by atoms with Crippen molar-refractivity contribution in [1.29, 1.82) is 0 Å². The van der Waals surface area contributed by atoms with Gasteiger partial charge in [0.1, 0.15) is 5.82 Å². The van der Waals surface area contributed by atoms with Crippen LogP contribution in [0.3, 0.4) is 0 Å². The van der Waals surface area contributed by atoms with Crippen LogP contribution in [0.1, 0.15) is 31.8 Å². The van der Waals surface area contributed by atoms with Gasteiger partial charge in [0, 0.05) is 22.6 Å². The number of anilines is 2. The molecule has 0 aromatic heterocycles. The van der Waals surface area contributed by atoms with Crippen LogP contribution in [-0.4, -0.2) is 31.2 Å². The standard InChI is InChI=1S/C25H13BrF12N2O2/c1-40(21(42)11-5-7-12(27)8-6-11)16-4-2-3-13(18(16)28)20(41)39-19-15(23(30,31)32)10-9-14(17(19)26)22(29,24(33,34)35)25(36,37)38/h2-10H,1H3,(H,39,41). The fourth-order valence-corrected chi connectivity index (χ4v) is 4.42. The van der Waals surface area contributed by atoms with Gasteiger partial charge in [0.25, 0.3) is 11.8 Å². The number of carbonyl (C=O) groups excluding carboxylic acids is 2. The normalized spacial score (nSPS) is 12.7. The molecule has 0 fully saturated rings. The van der Waals surface area contributed by atoms with Crippen LogP contribution in [-0.2, 0) is 11.8 Å². The van der Waals surface area contributed by atoms with Crippen LogP contribution < -0.4 is 10.2 Å². The van der Waals surface area contributed by atoms with E-state index >= 15 is 4.39 Å². The average molecular weight is 681 g/mol. The Morgan fingerprint density at radius 2 is 1.29 bits per heavy atom. The summed E-state index contributed by atoms with van der Waals surface area (Å²) in [6, 6.07) is 5.78. The number of carbonyl (C=O) groups is 2. The second kappa shape index (κ2) is 11.1. The van der Waals surface area contributed by atoms with Gasteiger partial charge in [0.2, 0.25) is 0 Å². The van der Waals surface area contributed by atoms with Crippen molar-refractivity contribution in [3.05, 3.63) is 93.0 Å². The first-order valence-electron chi connectivity index (χ1n) is 11.0. The smallest absolute Gasteiger partial charge is 0.320 e. The minimum Gasteiger partial charge on any atom is -0.320 e. The third-order valence-electron chi connectivity index (χ3n) is 5.82. The number of benzene rings is 3. The lowest BCUT2D eigenvalue weighted by Gasteiger charge is -2.32. The van der Waals surface area contributed by atoms with Crippen molar-refractivity contribution in [2.75, 3.05) is 17.3 Å². The van der Waals surface area contributed by atoms with Gasteiger partial charge in [-0.25, -0.2) is 13.2 Å². The topological polar surface area (TPSA) is 49.4 Å². The maximum Gasteiger partial charge on any atom is 0.435 e. The molecule has 0 saturated heterocycles. The number of hydrogen-bond acceptors (Lipinski definition) is 2. The van der Waals surface area contributed by atoms with Gasteiger partial charge >= 0.3 is 24.2 Å². The van der Waals surface area contributed by atoms with E-state index in [0.717, 1.165) is 43.4 Å².